The summed E-state index contributed by atoms with van der Waals surface area (Å²) in [6.45, 7) is 5.07. The zero-order chi connectivity index (χ0) is 16.5. The number of ketones is 1. The number of hydrogen-bond donors (Lipinski definition) is 0. The number of aliphatic imine (C=N–C) groups is 2. The molecule has 3 heterocycles. The monoisotopic (exact) mass is 323 g/mol. The van der Waals surface area contributed by atoms with Crippen molar-refractivity contribution in [3.8, 4) is 0 Å². The SMILES string of the molecule is Cc1ccc2c(c1)CC(CC1=NC(N3CCOCC3)=CC(=O)C1)=N2. The predicted octanol–water partition coefficient (Wildman–Crippen LogP) is 2.60. The number of carbonyl (C=O) groups excluding carboxylic acids is 1. The molecule has 24 heavy (non-hydrogen) atoms. The van der Waals surface area contributed by atoms with Gasteiger partial charge in [-0.25, -0.2) is 4.99 Å². The minimum Gasteiger partial charge on any atom is -0.378 e. The first-order valence-electron chi connectivity index (χ1n) is 8.47. The van der Waals surface area contributed by atoms with Crippen LogP contribution in [0.5, 0.6) is 0 Å². The molecule has 0 unspecified atom stereocenters. The number of rotatable bonds is 3. The maximum Gasteiger partial charge on any atom is 0.164 e. The van der Waals surface area contributed by atoms with Gasteiger partial charge < -0.3 is 9.64 Å². The maximum absolute atomic E-state index is 12.1. The third-order valence-electron chi connectivity index (χ3n) is 4.59. The Bertz CT molecular complexity index is 771. The highest BCUT2D eigenvalue weighted by molar-refractivity contribution is 6.16. The molecule has 4 rings (SSSR count). The van der Waals surface area contributed by atoms with Crippen molar-refractivity contribution in [2.24, 2.45) is 9.98 Å². The van der Waals surface area contributed by atoms with Crippen LogP contribution >= 0.6 is 0 Å². The summed E-state index contributed by atoms with van der Waals surface area (Å²) in [7, 11) is 0. The topological polar surface area (TPSA) is 54.3 Å². The van der Waals surface area contributed by atoms with Gasteiger partial charge in [-0.2, -0.15) is 0 Å². The number of aryl methyl sites for hydroxylation is 1. The van der Waals surface area contributed by atoms with Crippen LogP contribution in [0.2, 0.25) is 0 Å². The first-order chi connectivity index (χ1) is 11.7. The highest BCUT2D eigenvalue weighted by atomic mass is 16.5. The van der Waals surface area contributed by atoms with Crippen molar-refractivity contribution in [2.45, 2.75) is 26.2 Å². The van der Waals surface area contributed by atoms with Crippen molar-refractivity contribution in [2.75, 3.05) is 26.3 Å². The fraction of sp³-hybridized carbons (Fsp3) is 0.421. The molecule has 0 atom stereocenters. The number of morpholine rings is 1. The molecule has 5 nitrogen and oxygen atoms in total. The average Bonchev–Trinajstić information content (AvgIpc) is 2.96. The fourth-order valence-electron chi connectivity index (χ4n) is 3.42. The zero-order valence-corrected chi connectivity index (χ0v) is 13.9. The molecule has 0 spiro atoms. The van der Waals surface area contributed by atoms with E-state index in [2.05, 4.69) is 30.0 Å². The molecule has 0 radical (unpaired) electrons. The molecule has 0 amide bonds. The first-order valence-corrected chi connectivity index (χ1v) is 8.47. The van der Waals surface area contributed by atoms with Crippen LogP contribution in [0.1, 0.15) is 24.0 Å². The lowest BCUT2D eigenvalue weighted by Gasteiger charge is -2.30. The number of nitrogens with zero attached hydrogens (tertiary/aromatic N) is 3. The van der Waals surface area contributed by atoms with Crippen molar-refractivity contribution in [1.29, 1.82) is 0 Å². The van der Waals surface area contributed by atoms with Gasteiger partial charge in [0.1, 0.15) is 5.82 Å². The van der Waals surface area contributed by atoms with Gasteiger partial charge in [0.15, 0.2) is 5.78 Å². The normalized spacial score (nSPS) is 20.5. The van der Waals surface area contributed by atoms with E-state index in [1.807, 2.05) is 0 Å². The quantitative estimate of drug-likeness (QED) is 0.859. The third-order valence-corrected chi connectivity index (χ3v) is 4.59. The minimum absolute atomic E-state index is 0.133. The molecule has 1 fully saturated rings. The van der Waals surface area contributed by atoms with Gasteiger partial charge in [0.2, 0.25) is 0 Å². The maximum atomic E-state index is 12.1. The molecular formula is C19H21N3O2. The number of ether oxygens (including phenoxy) is 1. The van der Waals surface area contributed by atoms with Gasteiger partial charge in [0.05, 0.1) is 18.9 Å². The molecule has 3 aliphatic rings. The molecule has 3 aliphatic heterocycles. The Hall–Kier alpha value is -2.27. The van der Waals surface area contributed by atoms with Crippen molar-refractivity contribution in [3.63, 3.8) is 0 Å². The molecular weight excluding hydrogens is 302 g/mol. The van der Waals surface area contributed by atoms with Gasteiger partial charge in [0.25, 0.3) is 0 Å². The third kappa shape index (κ3) is 3.17. The van der Waals surface area contributed by atoms with Gasteiger partial charge >= 0.3 is 0 Å². The molecule has 124 valence electrons. The lowest BCUT2D eigenvalue weighted by molar-refractivity contribution is -0.113. The summed E-state index contributed by atoms with van der Waals surface area (Å²) in [5.41, 5.74) is 5.62. The number of fused-ring (bicyclic) bond motifs is 1. The van der Waals surface area contributed by atoms with Gasteiger partial charge in [-0.15, -0.1) is 0 Å². The molecule has 1 aromatic carbocycles. The number of hydrogen-bond acceptors (Lipinski definition) is 5. The molecule has 5 heteroatoms. The van der Waals surface area contributed by atoms with Crippen LogP contribution in [0.3, 0.4) is 0 Å². The largest absolute Gasteiger partial charge is 0.378 e. The van der Waals surface area contributed by atoms with Gasteiger partial charge in [0, 0.05) is 49.9 Å². The van der Waals surface area contributed by atoms with Crippen LogP contribution in [0, 0.1) is 6.92 Å². The molecule has 0 saturated carbocycles. The predicted molar refractivity (Wildman–Crippen MR) is 94.1 cm³/mol. The Labute approximate surface area is 141 Å². The van der Waals surface area contributed by atoms with Crippen molar-refractivity contribution >= 4 is 22.9 Å². The summed E-state index contributed by atoms with van der Waals surface area (Å²) in [6, 6.07) is 6.36. The highest BCUT2D eigenvalue weighted by Crippen LogP contribution is 2.29. The van der Waals surface area contributed by atoms with Crippen LogP contribution in [-0.4, -0.2) is 48.4 Å². The zero-order valence-electron chi connectivity index (χ0n) is 13.9. The molecule has 1 saturated heterocycles. The Balaban J connectivity index is 1.49. The summed E-state index contributed by atoms with van der Waals surface area (Å²) in [5, 5.41) is 0. The van der Waals surface area contributed by atoms with Crippen molar-refractivity contribution in [3.05, 3.63) is 41.2 Å². The Kier molecular flexibility index (Phi) is 4.02. The van der Waals surface area contributed by atoms with Crippen LogP contribution in [-0.2, 0) is 16.0 Å². The summed E-state index contributed by atoms with van der Waals surface area (Å²) >= 11 is 0. The Morgan fingerprint density at radius 1 is 1.12 bits per heavy atom. The summed E-state index contributed by atoms with van der Waals surface area (Å²) < 4.78 is 5.38. The minimum atomic E-state index is 0.133. The standard InChI is InChI=1S/C19H21N3O2/c1-13-2-3-18-14(8-13)9-15(20-18)10-16-11-17(23)12-19(21-16)22-4-6-24-7-5-22/h2-3,8,12H,4-7,9-11H2,1H3. The second kappa shape index (κ2) is 6.32. The van der Waals surface area contributed by atoms with Gasteiger partial charge in [-0.05, 0) is 18.6 Å². The molecule has 0 N–H and O–H groups in total. The fourth-order valence-corrected chi connectivity index (χ4v) is 3.42. The van der Waals surface area contributed by atoms with Gasteiger partial charge in [-0.1, -0.05) is 17.7 Å². The molecule has 1 aromatic rings. The van der Waals surface area contributed by atoms with Crippen LogP contribution in [0.15, 0.2) is 40.1 Å². The van der Waals surface area contributed by atoms with Crippen LogP contribution in [0.25, 0.3) is 0 Å². The summed E-state index contributed by atoms with van der Waals surface area (Å²) in [5.74, 6) is 0.921. The molecule has 0 aliphatic carbocycles. The second-order valence-corrected chi connectivity index (χ2v) is 6.59. The first kappa shape index (κ1) is 15.3. The number of benzene rings is 1. The van der Waals surface area contributed by atoms with Crippen LogP contribution in [0.4, 0.5) is 5.69 Å². The lowest BCUT2D eigenvalue weighted by atomic mass is 10.0. The van der Waals surface area contributed by atoms with Crippen LogP contribution < -0.4 is 0 Å². The summed E-state index contributed by atoms with van der Waals surface area (Å²) in [4.78, 5) is 23.7. The van der Waals surface area contributed by atoms with E-state index in [0.717, 1.165) is 42.4 Å². The lowest BCUT2D eigenvalue weighted by Crippen LogP contribution is -2.36. The van der Waals surface area contributed by atoms with E-state index in [1.165, 1.54) is 11.1 Å². The van der Waals surface area contributed by atoms with E-state index in [0.29, 0.717) is 26.1 Å². The number of allylic oxidation sites excluding steroid dienone is 1. The second-order valence-electron chi connectivity index (χ2n) is 6.59. The smallest absolute Gasteiger partial charge is 0.164 e. The van der Waals surface area contributed by atoms with E-state index in [9.17, 15) is 4.79 Å². The van der Waals surface area contributed by atoms with Crippen molar-refractivity contribution < 1.29 is 9.53 Å². The Morgan fingerprint density at radius 3 is 2.75 bits per heavy atom. The summed E-state index contributed by atoms with van der Waals surface area (Å²) in [6.07, 6.45) is 3.62. The van der Waals surface area contributed by atoms with E-state index < -0.39 is 0 Å². The van der Waals surface area contributed by atoms with E-state index >= 15 is 0 Å². The van der Waals surface area contributed by atoms with Gasteiger partial charge in [-0.3, -0.25) is 9.79 Å². The van der Waals surface area contributed by atoms with E-state index in [1.54, 1.807) is 6.08 Å². The van der Waals surface area contributed by atoms with Crippen molar-refractivity contribution in [1.82, 2.24) is 4.90 Å². The molecule has 0 aromatic heterocycles. The van der Waals surface area contributed by atoms with E-state index in [4.69, 9.17) is 14.7 Å². The highest BCUT2D eigenvalue weighted by Gasteiger charge is 2.22. The number of carbonyl (C=O) groups is 1. The van der Waals surface area contributed by atoms with E-state index in [-0.39, 0.29) is 5.78 Å². The molecule has 0 bridgehead atoms. The Morgan fingerprint density at radius 2 is 1.92 bits per heavy atom. The average molecular weight is 323 g/mol.